The molecular weight excluding hydrogens is 196 g/mol. The molecule has 0 aromatic heterocycles. The minimum absolute atomic E-state index is 0.164. The lowest BCUT2D eigenvalue weighted by Crippen LogP contribution is -2.37. The van der Waals surface area contributed by atoms with E-state index in [0.29, 0.717) is 11.3 Å². The lowest BCUT2D eigenvalue weighted by Gasteiger charge is -2.48. The molecule has 0 heterocycles. The summed E-state index contributed by atoms with van der Waals surface area (Å²) in [5.41, 5.74) is 3.13. The van der Waals surface area contributed by atoms with Gasteiger partial charge in [-0.1, -0.05) is 25.2 Å². The summed E-state index contributed by atoms with van der Waals surface area (Å²) < 4.78 is 0. The van der Waals surface area contributed by atoms with Gasteiger partial charge in [0.1, 0.15) is 0 Å². The highest BCUT2D eigenvalue weighted by atomic mass is 16.3. The average Bonchev–Trinajstić information content (AvgIpc) is 2.27. The number of aliphatic hydroxyl groups excluding tert-OH is 1. The molecule has 0 aromatic carbocycles. The number of aliphatic hydroxyl groups is 1. The van der Waals surface area contributed by atoms with Crippen molar-refractivity contribution in [2.75, 3.05) is 6.61 Å². The fraction of sp³-hybridized carbons (Fsp3) is 0.733. The Morgan fingerprint density at radius 1 is 1.56 bits per heavy atom. The van der Waals surface area contributed by atoms with E-state index in [1.54, 1.807) is 5.57 Å². The van der Waals surface area contributed by atoms with E-state index in [1.165, 1.54) is 32.1 Å². The van der Waals surface area contributed by atoms with Crippen LogP contribution in [0.4, 0.5) is 0 Å². The fourth-order valence-corrected chi connectivity index (χ4v) is 3.67. The van der Waals surface area contributed by atoms with Gasteiger partial charge < -0.3 is 5.11 Å². The molecule has 3 atom stereocenters. The first-order valence-electron chi connectivity index (χ1n) is 6.52. The Hall–Kier alpha value is -0.560. The van der Waals surface area contributed by atoms with Crippen molar-refractivity contribution in [3.05, 3.63) is 23.8 Å². The average molecular weight is 220 g/mol. The van der Waals surface area contributed by atoms with Crippen LogP contribution in [0.25, 0.3) is 0 Å². The summed E-state index contributed by atoms with van der Waals surface area (Å²) in [6.45, 7) is 8.91. The van der Waals surface area contributed by atoms with Gasteiger partial charge in [0.2, 0.25) is 0 Å². The van der Waals surface area contributed by atoms with Gasteiger partial charge in [-0.15, -0.1) is 0 Å². The maximum absolute atomic E-state index is 9.20. The first-order chi connectivity index (χ1) is 7.57. The van der Waals surface area contributed by atoms with E-state index < -0.39 is 0 Å². The summed E-state index contributed by atoms with van der Waals surface area (Å²) in [6, 6.07) is 0. The van der Waals surface area contributed by atoms with Crippen molar-refractivity contribution in [2.24, 2.45) is 17.3 Å². The summed E-state index contributed by atoms with van der Waals surface area (Å²) in [4.78, 5) is 0. The normalized spacial score (nSPS) is 38.8. The summed E-state index contributed by atoms with van der Waals surface area (Å²) in [6.07, 6.45) is 8.73. The molecule has 1 N–H and O–H groups in total. The third-order valence-corrected chi connectivity index (χ3v) is 4.94. The van der Waals surface area contributed by atoms with Gasteiger partial charge in [0.05, 0.1) is 6.61 Å². The predicted octanol–water partition coefficient (Wildman–Crippen LogP) is 3.70. The Labute approximate surface area is 99.3 Å². The topological polar surface area (TPSA) is 20.2 Å². The second kappa shape index (κ2) is 4.37. The SMILES string of the molecule is C=C(CO)C1CCC2(C)CCC=C(C)C2C1. The molecule has 2 aliphatic carbocycles. The minimum atomic E-state index is 0.164. The van der Waals surface area contributed by atoms with E-state index in [1.807, 2.05) is 0 Å². The zero-order valence-corrected chi connectivity index (χ0v) is 10.6. The lowest BCUT2D eigenvalue weighted by atomic mass is 9.57. The van der Waals surface area contributed by atoms with E-state index in [-0.39, 0.29) is 6.61 Å². The molecule has 2 aliphatic rings. The van der Waals surface area contributed by atoms with Crippen molar-refractivity contribution in [3.8, 4) is 0 Å². The number of fused-ring (bicyclic) bond motifs is 1. The Balaban J connectivity index is 2.15. The molecule has 0 saturated heterocycles. The van der Waals surface area contributed by atoms with Crippen molar-refractivity contribution in [3.63, 3.8) is 0 Å². The Morgan fingerprint density at radius 2 is 2.31 bits per heavy atom. The van der Waals surface area contributed by atoms with Crippen LogP contribution in [-0.2, 0) is 0 Å². The Morgan fingerprint density at radius 3 is 3.00 bits per heavy atom. The fourth-order valence-electron chi connectivity index (χ4n) is 3.67. The van der Waals surface area contributed by atoms with Crippen LogP contribution in [-0.4, -0.2) is 11.7 Å². The van der Waals surface area contributed by atoms with Crippen molar-refractivity contribution >= 4 is 0 Å². The van der Waals surface area contributed by atoms with Crippen LogP contribution in [0.3, 0.4) is 0 Å². The molecule has 1 fully saturated rings. The number of allylic oxidation sites excluding steroid dienone is 2. The van der Waals surface area contributed by atoms with Crippen LogP contribution in [0.2, 0.25) is 0 Å². The first kappa shape index (κ1) is 11.9. The van der Waals surface area contributed by atoms with Crippen molar-refractivity contribution in [2.45, 2.75) is 46.0 Å². The second-order valence-electron chi connectivity index (χ2n) is 5.98. The van der Waals surface area contributed by atoms with Gasteiger partial charge in [0.15, 0.2) is 0 Å². The highest BCUT2D eigenvalue weighted by Gasteiger charge is 2.41. The number of rotatable bonds is 2. The van der Waals surface area contributed by atoms with Crippen LogP contribution in [0.5, 0.6) is 0 Å². The zero-order chi connectivity index (χ0) is 11.8. The van der Waals surface area contributed by atoms with Gasteiger partial charge in [-0.2, -0.15) is 0 Å². The minimum Gasteiger partial charge on any atom is -0.392 e. The van der Waals surface area contributed by atoms with Gasteiger partial charge in [-0.05, 0) is 61.9 Å². The molecular formula is C15H24O. The molecule has 0 spiro atoms. The van der Waals surface area contributed by atoms with Crippen LogP contribution >= 0.6 is 0 Å². The Kier molecular flexibility index (Phi) is 3.25. The van der Waals surface area contributed by atoms with E-state index in [9.17, 15) is 5.11 Å². The molecule has 0 aromatic rings. The van der Waals surface area contributed by atoms with E-state index in [2.05, 4.69) is 26.5 Å². The molecule has 1 heteroatoms. The Bertz CT molecular complexity index is 315. The molecule has 0 radical (unpaired) electrons. The molecule has 0 bridgehead atoms. The summed E-state index contributed by atoms with van der Waals surface area (Å²) in [7, 11) is 0. The zero-order valence-electron chi connectivity index (χ0n) is 10.6. The smallest absolute Gasteiger partial charge is 0.0641 e. The van der Waals surface area contributed by atoms with Crippen molar-refractivity contribution in [1.29, 1.82) is 0 Å². The molecule has 0 aliphatic heterocycles. The summed E-state index contributed by atoms with van der Waals surface area (Å²) in [5.74, 6) is 1.27. The molecule has 3 unspecified atom stereocenters. The van der Waals surface area contributed by atoms with E-state index in [4.69, 9.17) is 0 Å². The summed E-state index contributed by atoms with van der Waals surface area (Å²) >= 11 is 0. The largest absolute Gasteiger partial charge is 0.392 e. The highest BCUT2D eigenvalue weighted by molar-refractivity contribution is 5.17. The van der Waals surface area contributed by atoms with Crippen LogP contribution in [0.1, 0.15) is 46.0 Å². The van der Waals surface area contributed by atoms with Crippen molar-refractivity contribution in [1.82, 2.24) is 0 Å². The highest BCUT2D eigenvalue weighted by Crippen LogP contribution is 2.52. The second-order valence-corrected chi connectivity index (χ2v) is 5.98. The molecule has 16 heavy (non-hydrogen) atoms. The van der Waals surface area contributed by atoms with Gasteiger partial charge in [-0.3, -0.25) is 0 Å². The standard InChI is InChI=1S/C15H24O/c1-11-5-4-7-15(3)8-6-13(9-14(11)15)12(2)10-16/h5,13-14,16H,2,4,6-10H2,1,3H3. The number of hydrogen-bond donors (Lipinski definition) is 1. The van der Waals surface area contributed by atoms with Crippen LogP contribution in [0.15, 0.2) is 23.8 Å². The van der Waals surface area contributed by atoms with Gasteiger partial charge in [0.25, 0.3) is 0 Å². The first-order valence-corrected chi connectivity index (χ1v) is 6.52. The molecule has 2 rings (SSSR count). The maximum Gasteiger partial charge on any atom is 0.0641 e. The molecule has 1 saturated carbocycles. The molecule has 0 amide bonds. The van der Waals surface area contributed by atoms with E-state index >= 15 is 0 Å². The quantitative estimate of drug-likeness (QED) is 0.704. The predicted molar refractivity (Wildman–Crippen MR) is 68.2 cm³/mol. The monoisotopic (exact) mass is 220 g/mol. The molecule has 1 nitrogen and oxygen atoms in total. The van der Waals surface area contributed by atoms with Gasteiger partial charge in [0, 0.05) is 0 Å². The molecule has 90 valence electrons. The van der Waals surface area contributed by atoms with E-state index in [0.717, 1.165) is 11.5 Å². The maximum atomic E-state index is 9.20. The van der Waals surface area contributed by atoms with Crippen LogP contribution in [0, 0.1) is 17.3 Å². The third-order valence-electron chi connectivity index (χ3n) is 4.94. The third kappa shape index (κ3) is 1.98. The lowest BCUT2D eigenvalue weighted by molar-refractivity contribution is 0.0943. The summed E-state index contributed by atoms with van der Waals surface area (Å²) in [5, 5.41) is 9.20. The number of hydrogen-bond acceptors (Lipinski definition) is 1. The van der Waals surface area contributed by atoms with Gasteiger partial charge >= 0.3 is 0 Å². The van der Waals surface area contributed by atoms with Crippen LogP contribution < -0.4 is 0 Å². The van der Waals surface area contributed by atoms with Gasteiger partial charge in [-0.25, -0.2) is 0 Å². The van der Waals surface area contributed by atoms with Crippen molar-refractivity contribution < 1.29 is 5.11 Å².